The van der Waals surface area contributed by atoms with Crippen molar-refractivity contribution >= 4 is 0 Å². The molecular formula is C42H44O4. The normalized spacial score (nSPS) is 9.65. The predicted molar refractivity (Wildman–Crippen MR) is 191 cm³/mol. The van der Waals surface area contributed by atoms with Gasteiger partial charge in [-0.1, -0.05) is 149 Å². The van der Waals surface area contributed by atoms with Crippen LogP contribution in [0.25, 0.3) is 22.3 Å². The molecule has 0 saturated carbocycles. The lowest BCUT2D eigenvalue weighted by atomic mass is 10.0. The zero-order chi connectivity index (χ0) is 33.0. The van der Waals surface area contributed by atoms with Gasteiger partial charge in [0, 0.05) is 23.3 Å². The number of hydrogen-bond acceptors (Lipinski definition) is 4. The summed E-state index contributed by atoms with van der Waals surface area (Å²) in [4.78, 5) is 0. The third-order valence-corrected chi connectivity index (χ3v) is 6.59. The molecule has 0 fully saturated rings. The average Bonchev–Trinajstić information content (AvgIpc) is 3.13. The van der Waals surface area contributed by atoms with E-state index in [1.54, 1.807) is 12.1 Å². The first-order valence-electron chi connectivity index (χ1n) is 15.8. The van der Waals surface area contributed by atoms with Crippen LogP contribution in [0.2, 0.25) is 0 Å². The minimum absolute atomic E-state index is 0.0715. The van der Waals surface area contributed by atoms with E-state index in [2.05, 4.69) is 42.5 Å². The molecule has 6 aromatic carbocycles. The lowest BCUT2D eigenvalue weighted by molar-refractivity contribution is 0.291. The Bertz CT molecular complexity index is 1670. The number of aromatic hydroxyl groups is 2. The van der Waals surface area contributed by atoms with Gasteiger partial charge in [-0.3, -0.25) is 0 Å². The van der Waals surface area contributed by atoms with Crippen molar-refractivity contribution in [3.8, 4) is 45.3 Å². The van der Waals surface area contributed by atoms with Gasteiger partial charge in [0.15, 0.2) is 0 Å². The van der Waals surface area contributed by atoms with E-state index in [0.29, 0.717) is 13.2 Å². The van der Waals surface area contributed by atoms with Gasteiger partial charge in [-0.05, 0) is 46.5 Å². The number of hydrogen-bond donors (Lipinski definition) is 2. The summed E-state index contributed by atoms with van der Waals surface area (Å²) in [6.45, 7) is 9.05. The summed E-state index contributed by atoms with van der Waals surface area (Å²) in [5.74, 6) is 1.78. The highest BCUT2D eigenvalue weighted by atomic mass is 16.5. The molecule has 0 bridgehead atoms. The zero-order valence-electron chi connectivity index (χ0n) is 27.1. The summed E-state index contributed by atoms with van der Waals surface area (Å²) in [6, 6.07) is 50.8. The summed E-state index contributed by atoms with van der Waals surface area (Å²) >= 11 is 0. The fraction of sp³-hybridized carbons (Fsp3) is 0.143. The van der Waals surface area contributed by atoms with Crippen molar-refractivity contribution in [1.29, 1.82) is 0 Å². The number of rotatable bonds is 8. The Morgan fingerprint density at radius 3 is 1.37 bits per heavy atom. The highest BCUT2D eigenvalue weighted by molar-refractivity contribution is 5.72. The number of ether oxygens (including phenoxy) is 2. The van der Waals surface area contributed by atoms with Gasteiger partial charge in [0.2, 0.25) is 0 Å². The highest BCUT2D eigenvalue weighted by Crippen LogP contribution is 2.34. The molecular weight excluding hydrogens is 568 g/mol. The lowest BCUT2D eigenvalue weighted by Crippen LogP contribution is -1.99. The van der Waals surface area contributed by atoms with Gasteiger partial charge in [-0.25, -0.2) is 0 Å². The molecule has 2 N–H and O–H groups in total. The van der Waals surface area contributed by atoms with Gasteiger partial charge >= 0.3 is 0 Å². The maximum atomic E-state index is 9.58. The third kappa shape index (κ3) is 10.9. The standard InChI is InChI=1S/C26H22O2.C12H10O2.2C2H6/c1-4-10-21(11-5-1)19-27-24-16-17-25(23-14-8-3-9-15-23)26(18-24)28-20-22-12-6-2-7-13-22;13-10-6-7-11(12(14)8-10)9-4-2-1-3-5-9;2*1-2/h1-18H,19-20H2;1-8,13-14H;2*1-2H3. The second kappa shape index (κ2) is 19.7. The van der Waals surface area contributed by atoms with Crippen LogP contribution in [-0.4, -0.2) is 10.2 Å². The largest absolute Gasteiger partial charge is 0.508 e. The van der Waals surface area contributed by atoms with Gasteiger partial charge in [0.05, 0.1) is 0 Å². The van der Waals surface area contributed by atoms with Crippen LogP contribution < -0.4 is 9.47 Å². The van der Waals surface area contributed by atoms with Crippen LogP contribution in [0.1, 0.15) is 38.8 Å². The monoisotopic (exact) mass is 612 g/mol. The molecule has 6 aromatic rings. The Morgan fingerprint density at radius 2 is 0.870 bits per heavy atom. The van der Waals surface area contributed by atoms with Crippen LogP contribution in [0, 0.1) is 0 Å². The van der Waals surface area contributed by atoms with Gasteiger partial charge in [-0.15, -0.1) is 0 Å². The van der Waals surface area contributed by atoms with Crippen molar-refractivity contribution in [1.82, 2.24) is 0 Å². The van der Waals surface area contributed by atoms with Crippen molar-refractivity contribution in [2.75, 3.05) is 0 Å². The van der Waals surface area contributed by atoms with E-state index in [4.69, 9.17) is 14.6 Å². The molecule has 0 aliphatic rings. The number of phenols is 2. The Hall–Kier alpha value is -5.48. The summed E-state index contributed by atoms with van der Waals surface area (Å²) in [5.41, 5.74) is 6.12. The van der Waals surface area contributed by atoms with Crippen molar-refractivity contribution in [2.45, 2.75) is 40.9 Å². The minimum Gasteiger partial charge on any atom is -0.508 e. The van der Waals surface area contributed by atoms with E-state index in [0.717, 1.165) is 44.9 Å². The molecule has 0 saturated heterocycles. The minimum atomic E-state index is 0.0715. The molecule has 0 atom stereocenters. The molecule has 0 unspecified atom stereocenters. The fourth-order valence-corrected chi connectivity index (χ4v) is 4.43. The molecule has 0 aromatic heterocycles. The zero-order valence-corrected chi connectivity index (χ0v) is 27.1. The molecule has 0 spiro atoms. The summed E-state index contributed by atoms with van der Waals surface area (Å²) in [7, 11) is 0. The van der Waals surface area contributed by atoms with Gasteiger partial charge in [0.1, 0.15) is 36.2 Å². The lowest BCUT2D eigenvalue weighted by Gasteiger charge is -2.14. The van der Waals surface area contributed by atoms with Crippen molar-refractivity contribution in [3.05, 3.63) is 169 Å². The molecule has 6 rings (SSSR count). The molecule has 0 heterocycles. The molecule has 0 radical (unpaired) electrons. The Morgan fingerprint density at radius 1 is 0.435 bits per heavy atom. The number of phenolic OH excluding ortho intramolecular Hbond substituents is 2. The van der Waals surface area contributed by atoms with Crippen molar-refractivity contribution in [2.24, 2.45) is 0 Å². The molecule has 4 heteroatoms. The maximum Gasteiger partial charge on any atom is 0.131 e. The van der Waals surface area contributed by atoms with Crippen LogP contribution >= 0.6 is 0 Å². The summed E-state index contributed by atoms with van der Waals surface area (Å²) < 4.78 is 12.2. The SMILES string of the molecule is CC.CC.Oc1ccc(-c2ccccc2)c(O)c1.c1ccc(COc2ccc(-c3ccccc3)c(OCc3ccccc3)c2)cc1. The number of benzene rings is 6. The van der Waals surface area contributed by atoms with Gasteiger partial charge in [-0.2, -0.15) is 0 Å². The van der Waals surface area contributed by atoms with Crippen LogP contribution in [0.5, 0.6) is 23.0 Å². The van der Waals surface area contributed by atoms with E-state index in [1.165, 1.54) is 6.07 Å². The van der Waals surface area contributed by atoms with E-state index in [1.807, 2.05) is 125 Å². The maximum absolute atomic E-state index is 9.58. The molecule has 0 aliphatic carbocycles. The molecule has 0 amide bonds. The van der Waals surface area contributed by atoms with Gasteiger partial charge in [0.25, 0.3) is 0 Å². The van der Waals surface area contributed by atoms with E-state index in [9.17, 15) is 5.11 Å². The van der Waals surface area contributed by atoms with E-state index in [-0.39, 0.29) is 11.5 Å². The molecule has 0 aliphatic heterocycles. The smallest absolute Gasteiger partial charge is 0.131 e. The fourth-order valence-electron chi connectivity index (χ4n) is 4.43. The molecule has 236 valence electrons. The predicted octanol–water partition coefficient (Wildman–Crippen LogP) is 11.3. The topological polar surface area (TPSA) is 58.9 Å². The van der Waals surface area contributed by atoms with Crippen LogP contribution in [0.4, 0.5) is 0 Å². The van der Waals surface area contributed by atoms with E-state index >= 15 is 0 Å². The van der Waals surface area contributed by atoms with Gasteiger partial charge < -0.3 is 19.7 Å². The second-order valence-corrected chi connectivity index (χ2v) is 9.64. The average molecular weight is 613 g/mol. The first-order valence-corrected chi connectivity index (χ1v) is 15.8. The van der Waals surface area contributed by atoms with Crippen LogP contribution in [0.15, 0.2) is 158 Å². The Balaban J connectivity index is 0.000000268. The van der Waals surface area contributed by atoms with Crippen LogP contribution in [-0.2, 0) is 13.2 Å². The molecule has 46 heavy (non-hydrogen) atoms. The Kier molecular flexibility index (Phi) is 15.0. The van der Waals surface area contributed by atoms with Crippen molar-refractivity contribution in [3.63, 3.8) is 0 Å². The first-order chi connectivity index (χ1) is 22.7. The Labute approximate surface area is 274 Å². The van der Waals surface area contributed by atoms with Crippen LogP contribution in [0.3, 0.4) is 0 Å². The van der Waals surface area contributed by atoms with E-state index < -0.39 is 0 Å². The molecule has 4 nitrogen and oxygen atoms in total. The third-order valence-electron chi connectivity index (χ3n) is 6.59. The quantitative estimate of drug-likeness (QED) is 0.179. The second-order valence-electron chi connectivity index (χ2n) is 9.64. The summed E-state index contributed by atoms with van der Waals surface area (Å²) in [5, 5.41) is 18.7. The summed E-state index contributed by atoms with van der Waals surface area (Å²) in [6.07, 6.45) is 0. The first kappa shape index (κ1) is 35.0. The van der Waals surface area contributed by atoms with Crippen molar-refractivity contribution < 1.29 is 19.7 Å². The highest BCUT2D eigenvalue weighted by Gasteiger charge is 2.09.